The van der Waals surface area contributed by atoms with Gasteiger partial charge in [-0.2, -0.15) is 5.10 Å². The number of carbonyl (C=O) groups excluding carboxylic acids is 1. The molecule has 2 aromatic rings. The number of thiophene rings is 1. The van der Waals surface area contributed by atoms with Gasteiger partial charge in [-0.1, -0.05) is 6.07 Å². The molecular weight excluding hydrogens is 246 g/mol. The minimum absolute atomic E-state index is 0.0784. The first kappa shape index (κ1) is 11.5. The second kappa shape index (κ2) is 4.94. The average molecular weight is 261 g/mol. The molecule has 1 amide bonds. The summed E-state index contributed by atoms with van der Waals surface area (Å²) < 4.78 is 1.96. The lowest BCUT2D eigenvalue weighted by Crippen LogP contribution is -2.23. The van der Waals surface area contributed by atoms with Gasteiger partial charge >= 0.3 is 0 Å². The van der Waals surface area contributed by atoms with Crippen molar-refractivity contribution >= 4 is 17.2 Å². The highest BCUT2D eigenvalue weighted by Crippen LogP contribution is 2.15. The van der Waals surface area contributed by atoms with E-state index >= 15 is 0 Å². The van der Waals surface area contributed by atoms with Gasteiger partial charge in [0.05, 0.1) is 6.54 Å². The molecule has 94 valence electrons. The van der Waals surface area contributed by atoms with Crippen LogP contribution < -0.4 is 5.32 Å². The molecule has 3 rings (SSSR count). The number of aromatic nitrogens is 2. The number of hydrogen-bond acceptors (Lipinski definition) is 3. The van der Waals surface area contributed by atoms with E-state index in [0.29, 0.717) is 12.2 Å². The van der Waals surface area contributed by atoms with Crippen molar-refractivity contribution in [2.24, 2.45) is 0 Å². The number of nitrogens with one attached hydrogen (secondary N) is 1. The molecule has 5 heteroatoms. The Kier molecular flexibility index (Phi) is 3.15. The number of amides is 1. The van der Waals surface area contributed by atoms with Crippen LogP contribution in [0.5, 0.6) is 0 Å². The van der Waals surface area contributed by atoms with Crippen molar-refractivity contribution in [2.45, 2.75) is 32.4 Å². The Labute approximate surface area is 110 Å². The zero-order valence-electron chi connectivity index (χ0n) is 10.1. The van der Waals surface area contributed by atoms with Crippen LogP contribution in [0.2, 0.25) is 0 Å². The molecule has 18 heavy (non-hydrogen) atoms. The third-order valence-electron chi connectivity index (χ3n) is 3.15. The SMILES string of the molecule is O=C(NCc1cccs1)c1cc2n(n1)CCCC2. The number of hydrogen-bond donors (Lipinski definition) is 1. The van der Waals surface area contributed by atoms with Crippen molar-refractivity contribution in [3.8, 4) is 0 Å². The Morgan fingerprint density at radius 1 is 1.50 bits per heavy atom. The number of fused-ring (bicyclic) bond motifs is 1. The molecule has 0 fully saturated rings. The summed E-state index contributed by atoms with van der Waals surface area (Å²) in [6, 6.07) is 5.92. The molecule has 1 N–H and O–H groups in total. The second-order valence-corrected chi connectivity index (χ2v) is 5.50. The number of aryl methyl sites for hydroxylation is 2. The summed E-state index contributed by atoms with van der Waals surface area (Å²) in [5.41, 5.74) is 1.73. The van der Waals surface area contributed by atoms with Gasteiger partial charge in [0.2, 0.25) is 0 Å². The molecule has 0 saturated heterocycles. The quantitative estimate of drug-likeness (QED) is 0.920. The van der Waals surface area contributed by atoms with Crippen LogP contribution in [0.4, 0.5) is 0 Å². The van der Waals surface area contributed by atoms with E-state index in [-0.39, 0.29) is 5.91 Å². The third kappa shape index (κ3) is 2.31. The lowest BCUT2D eigenvalue weighted by molar-refractivity contribution is 0.0945. The van der Waals surface area contributed by atoms with E-state index in [1.165, 1.54) is 12.1 Å². The highest BCUT2D eigenvalue weighted by molar-refractivity contribution is 7.09. The van der Waals surface area contributed by atoms with Gasteiger partial charge in [-0.25, -0.2) is 0 Å². The summed E-state index contributed by atoms with van der Waals surface area (Å²) in [6.07, 6.45) is 3.39. The lowest BCUT2D eigenvalue weighted by Gasteiger charge is -2.11. The molecule has 0 aromatic carbocycles. The number of carbonyl (C=O) groups is 1. The molecule has 0 aliphatic carbocycles. The minimum Gasteiger partial charge on any atom is -0.346 e. The minimum atomic E-state index is -0.0784. The van der Waals surface area contributed by atoms with Crippen LogP contribution >= 0.6 is 11.3 Å². The van der Waals surface area contributed by atoms with Crippen LogP contribution in [0.3, 0.4) is 0 Å². The summed E-state index contributed by atoms with van der Waals surface area (Å²) in [7, 11) is 0. The molecule has 0 unspecified atom stereocenters. The van der Waals surface area contributed by atoms with E-state index in [0.717, 1.165) is 24.3 Å². The predicted molar refractivity (Wildman–Crippen MR) is 70.7 cm³/mol. The highest BCUT2D eigenvalue weighted by atomic mass is 32.1. The first-order chi connectivity index (χ1) is 8.83. The molecule has 3 heterocycles. The van der Waals surface area contributed by atoms with Crippen molar-refractivity contribution in [1.29, 1.82) is 0 Å². The molecule has 0 bridgehead atoms. The van der Waals surface area contributed by atoms with E-state index in [1.54, 1.807) is 11.3 Å². The molecule has 1 aliphatic heterocycles. The van der Waals surface area contributed by atoms with Crippen molar-refractivity contribution < 1.29 is 4.79 Å². The maximum absolute atomic E-state index is 12.0. The van der Waals surface area contributed by atoms with Gasteiger partial charge in [0.25, 0.3) is 5.91 Å². The maximum Gasteiger partial charge on any atom is 0.272 e. The summed E-state index contributed by atoms with van der Waals surface area (Å²) in [6.45, 7) is 1.52. The van der Waals surface area contributed by atoms with E-state index in [2.05, 4.69) is 10.4 Å². The number of nitrogens with zero attached hydrogens (tertiary/aromatic N) is 2. The van der Waals surface area contributed by atoms with Crippen molar-refractivity contribution in [3.05, 3.63) is 39.8 Å². The van der Waals surface area contributed by atoms with E-state index in [4.69, 9.17) is 0 Å². The zero-order chi connectivity index (χ0) is 12.4. The summed E-state index contributed by atoms with van der Waals surface area (Å²) in [5.74, 6) is -0.0784. The van der Waals surface area contributed by atoms with Gasteiger partial charge in [-0.05, 0) is 36.8 Å². The van der Waals surface area contributed by atoms with Crippen molar-refractivity contribution in [2.75, 3.05) is 0 Å². The van der Waals surface area contributed by atoms with Gasteiger partial charge in [0.1, 0.15) is 5.69 Å². The summed E-state index contributed by atoms with van der Waals surface area (Å²) in [5, 5.41) is 9.28. The fourth-order valence-electron chi connectivity index (χ4n) is 2.20. The molecule has 4 nitrogen and oxygen atoms in total. The van der Waals surface area contributed by atoms with E-state index in [9.17, 15) is 4.79 Å². The summed E-state index contributed by atoms with van der Waals surface area (Å²) in [4.78, 5) is 13.1. The fourth-order valence-corrected chi connectivity index (χ4v) is 2.84. The largest absolute Gasteiger partial charge is 0.346 e. The average Bonchev–Trinajstić information content (AvgIpc) is 3.04. The number of rotatable bonds is 3. The van der Waals surface area contributed by atoms with Crippen LogP contribution in [0.1, 0.15) is 33.9 Å². The van der Waals surface area contributed by atoms with E-state index in [1.807, 2.05) is 28.3 Å². The predicted octanol–water partition coefficient (Wildman–Crippen LogP) is 2.21. The Balaban J connectivity index is 1.67. The molecule has 0 saturated carbocycles. The monoisotopic (exact) mass is 261 g/mol. The fraction of sp³-hybridized carbons (Fsp3) is 0.385. The maximum atomic E-state index is 12.0. The van der Waals surface area contributed by atoms with Crippen LogP contribution in [-0.2, 0) is 19.5 Å². The van der Waals surface area contributed by atoms with Gasteiger partial charge in [-0.15, -0.1) is 11.3 Å². The molecular formula is C13H15N3OS. The first-order valence-electron chi connectivity index (χ1n) is 6.20. The van der Waals surface area contributed by atoms with Crippen LogP contribution in [0.25, 0.3) is 0 Å². The first-order valence-corrected chi connectivity index (χ1v) is 7.08. The molecule has 0 atom stereocenters. The Morgan fingerprint density at radius 2 is 2.44 bits per heavy atom. The van der Waals surface area contributed by atoms with Crippen LogP contribution in [0.15, 0.2) is 23.6 Å². The molecule has 0 radical (unpaired) electrons. The Hall–Kier alpha value is -1.62. The van der Waals surface area contributed by atoms with Crippen molar-refractivity contribution in [1.82, 2.24) is 15.1 Å². The standard InChI is InChI=1S/C13H15N3OS/c17-13(14-9-11-5-3-7-18-11)12-8-10-4-1-2-6-16(10)15-12/h3,5,7-8H,1-2,4,6,9H2,(H,14,17). The van der Waals surface area contributed by atoms with Gasteiger partial charge in [0.15, 0.2) is 0 Å². The van der Waals surface area contributed by atoms with E-state index < -0.39 is 0 Å². The summed E-state index contributed by atoms with van der Waals surface area (Å²) >= 11 is 1.65. The molecule has 0 spiro atoms. The van der Waals surface area contributed by atoms with Crippen LogP contribution in [-0.4, -0.2) is 15.7 Å². The second-order valence-electron chi connectivity index (χ2n) is 4.46. The van der Waals surface area contributed by atoms with Gasteiger partial charge in [0, 0.05) is 17.1 Å². The van der Waals surface area contributed by atoms with Crippen molar-refractivity contribution in [3.63, 3.8) is 0 Å². The Morgan fingerprint density at radius 3 is 3.22 bits per heavy atom. The van der Waals surface area contributed by atoms with Gasteiger partial charge < -0.3 is 5.32 Å². The lowest BCUT2D eigenvalue weighted by atomic mass is 10.1. The molecule has 2 aromatic heterocycles. The van der Waals surface area contributed by atoms with Gasteiger partial charge in [-0.3, -0.25) is 9.48 Å². The third-order valence-corrected chi connectivity index (χ3v) is 4.03. The smallest absolute Gasteiger partial charge is 0.272 e. The normalized spacial score (nSPS) is 14.2. The Bertz CT molecular complexity index is 521. The highest BCUT2D eigenvalue weighted by Gasteiger charge is 2.16. The topological polar surface area (TPSA) is 46.9 Å². The zero-order valence-corrected chi connectivity index (χ0v) is 10.9. The van der Waals surface area contributed by atoms with Crippen LogP contribution in [0, 0.1) is 0 Å². The molecule has 1 aliphatic rings.